The normalized spacial score (nSPS) is 10.0. The van der Waals surface area contributed by atoms with Crippen molar-refractivity contribution in [2.45, 2.75) is 26.2 Å². The predicted octanol–water partition coefficient (Wildman–Crippen LogP) is 1.42. The lowest BCUT2D eigenvalue weighted by molar-refractivity contribution is -0.118. The number of anilines is 1. The van der Waals surface area contributed by atoms with Crippen LogP contribution in [-0.4, -0.2) is 25.4 Å². The Bertz CT molecular complexity index is 458. The third-order valence-corrected chi connectivity index (χ3v) is 2.82. The van der Waals surface area contributed by atoms with Crippen molar-refractivity contribution in [2.75, 3.05) is 18.9 Å². The zero-order valence-corrected chi connectivity index (χ0v) is 11.5. The topological polar surface area (TPSA) is 84.2 Å². The molecule has 0 heterocycles. The van der Waals surface area contributed by atoms with Crippen LogP contribution in [0, 0.1) is 6.92 Å². The smallest absolute Gasteiger partial charge is 0.253 e. The van der Waals surface area contributed by atoms with E-state index in [0.717, 1.165) is 17.7 Å². The molecule has 5 heteroatoms. The van der Waals surface area contributed by atoms with E-state index < -0.39 is 0 Å². The highest BCUT2D eigenvalue weighted by Gasteiger charge is 2.10. The summed E-state index contributed by atoms with van der Waals surface area (Å²) in [6.07, 6.45) is 1.81. The molecule has 0 aliphatic carbocycles. The minimum Gasteiger partial charge on any atom is -0.387 e. The fourth-order valence-corrected chi connectivity index (χ4v) is 1.79. The van der Waals surface area contributed by atoms with Gasteiger partial charge in [-0.15, -0.1) is 0 Å². The standard InChI is InChI=1S/C14H21N3O2/c1-10-6-7-12(16-2)11(9-10)14(19)17-8-4-3-5-13(15)18/h6-7,9,16H,3-5,8H2,1-2H3,(H2,15,18)(H,17,19). The first-order chi connectivity index (χ1) is 9.04. The first-order valence-electron chi connectivity index (χ1n) is 6.39. The molecule has 5 nitrogen and oxygen atoms in total. The second-order valence-corrected chi connectivity index (χ2v) is 4.48. The van der Waals surface area contributed by atoms with E-state index in [1.165, 1.54) is 0 Å². The summed E-state index contributed by atoms with van der Waals surface area (Å²) in [7, 11) is 1.79. The molecular weight excluding hydrogens is 242 g/mol. The molecule has 0 aliphatic heterocycles. The molecule has 0 saturated carbocycles. The number of hydrogen-bond donors (Lipinski definition) is 3. The molecule has 1 aromatic rings. The molecule has 0 aliphatic rings. The van der Waals surface area contributed by atoms with Crippen LogP contribution in [0.3, 0.4) is 0 Å². The summed E-state index contributed by atoms with van der Waals surface area (Å²) in [5.74, 6) is -0.408. The van der Waals surface area contributed by atoms with E-state index in [1.54, 1.807) is 7.05 Å². The molecule has 0 radical (unpaired) electrons. The van der Waals surface area contributed by atoms with E-state index in [0.29, 0.717) is 24.9 Å². The summed E-state index contributed by atoms with van der Waals surface area (Å²) < 4.78 is 0. The van der Waals surface area contributed by atoms with Crippen LogP contribution in [0.2, 0.25) is 0 Å². The number of rotatable bonds is 7. The zero-order valence-electron chi connectivity index (χ0n) is 11.5. The van der Waals surface area contributed by atoms with Gasteiger partial charge >= 0.3 is 0 Å². The second kappa shape index (κ2) is 7.41. The summed E-state index contributed by atoms with van der Waals surface area (Å²) in [5, 5.41) is 5.84. The molecule has 4 N–H and O–H groups in total. The van der Waals surface area contributed by atoms with Crippen LogP contribution in [-0.2, 0) is 4.79 Å². The van der Waals surface area contributed by atoms with E-state index in [-0.39, 0.29) is 11.8 Å². The predicted molar refractivity (Wildman–Crippen MR) is 76.1 cm³/mol. The highest BCUT2D eigenvalue weighted by atomic mass is 16.2. The van der Waals surface area contributed by atoms with Crippen molar-refractivity contribution in [3.8, 4) is 0 Å². The largest absolute Gasteiger partial charge is 0.387 e. The van der Waals surface area contributed by atoms with Gasteiger partial charge in [0.2, 0.25) is 5.91 Å². The van der Waals surface area contributed by atoms with Gasteiger partial charge in [-0.3, -0.25) is 9.59 Å². The summed E-state index contributed by atoms with van der Waals surface area (Å²) in [6.45, 7) is 2.49. The van der Waals surface area contributed by atoms with Crippen molar-refractivity contribution in [3.05, 3.63) is 29.3 Å². The number of nitrogens with two attached hydrogens (primary N) is 1. The monoisotopic (exact) mass is 263 g/mol. The number of unbranched alkanes of at least 4 members (excludes halogenated alkanes) is 1. The average Bonchev–Trinajstić information content (AvgIpc) is 2.37. The molecule has 0 saturated heterocycles. The maximum Gasteiger partial charge on any atom is 0.253 e. The van der Waals surface area contributed by atoms with Crippen molar-refractivity contribution in [1.29, 1.82) is 0 Å². The van der Waals surface area contributed by atoms with Crippen molar-refractivity contribution in [3.63, 3.8) is 0 Å². The van der Waals surface area contributed by atoms with Crippen LogP contribution < -0.4 is 16.4 Å². The fraction of sp³-hybridized carbons (Fsp3) is 0.429. The summed E-state index contributed by atoms with van der Waals surface area (Å²) in [5.41, 5.74) is 7.53. The van der Waals surface area contributed by atoms with Gasteiger partial charge in [0.1, 0.15) is 0 Å². The Morgan fingerprint density at radius 2 is 2.00 bits per heavy atom. The van der Waals surface area contributed by atoms with Gasteiger partial charge in [0, 0.05) is 25.7 Å². The summed E-state index contributed by atoms with van der Waals surface area (Å²) >= 11 is 0. The van der Waals surface area contributed by atoms with Gasteiger partial charge in [-0.25, -0.2) is 0 Å². The molecule has 0 atom stereocenters. The Morgan fingerprint density at radius 1 is 1.26 bits per heavy atom. The van der Waals surface area contributed by atoms with Crippen LogP contribution in [0.5, 0.6) is 0 Å². The number of primary amides is 1. The van der Waals surface area contributed by atoms with E-state index in [1.807, 2.05) is 25.1 Å². The second-order valence-electron chi connectivity index (χ2n) is 4.48. The number of hydrogen-bond acceptors (Lipinski definition) is 3. The van der Waals surface area contributed by atoms with Gasteiger partial charge in [-0.2, -0.15) is 0 Å². The van der Waals surface area contributed by atoms with Gasteiger partial charge < -0.3 is 16.4 Å². The molecule has 1 aromatic carbocycles. The lowest BCUT2D eigenvalue weighted by Gasteiger charge is -2.10. The van der Waals surface area contributed by atoms with Gasteiger partial charge in [-0.1, -0.05) is 11.6 Å². The van der Waals surface area contributed by atoms with E-state index in [2.05, 4.69) is 10.6 Å². The number of benzene rings is 1. The van der Waals surface area contributed by atoms with Crippen molar-refractivity contribution in [2.24, 2.45) is 5.73 Å². The molecule has 19 heavy (non-hydrogen) atoms. The Hall–Kier alpha value is -2.04. The molecule has 0 aromatic heterocycles. The van der Waals surface area contributed by atoms with Crippen molar-refractivity contribution < 1.29 is 9.59 Å². The minimum atomic E-state index is -0.303. The van der Waals surface area contributed by atoms with Crippen LogP contribution in [0.15, 0.2) is 18.2 Å². The highest BCUT2D eigenvalue weighted by molar-refractivity contribution is 5.99. The lowest BCUT2D eigenvalue weighted by Crippen LogP contribution is -2.25. The van der Waals surface area contributed by atoms with Crippen LogP contribution in [0.1, 0.15) is 35.2 Å². The SMILES string of the molecule is CNc1ccc(C)cc1C(=O)NCCCCC(N)=O. The number of aryl methyl sites for hydroxylation is 1. The number of carbonyl (C=O) groups excluding carboxylic acids is 2. The molecule has 0 fully saturated rings. The first kappa shape index (κ1) is 15.0. The van der Waals surface area contributed by atoms with E-state index in [9.17, 15) is 9.59 Å². The molecule has 1 rings (SSSR count). The molecular formula is C14H21N3O2. The van der Waals surface area contributed by atoms with Crippen LogP contribution in [0.4, 0.5) is 5.69 Å². The third kappa shape index (κ3) is 4.99. The van der Waals surface area contributed by atoms with Crippen molar-refractivity contribution >= 4 is 17.5 Å². The Kier molecular flexibility index (Phi) is 5.85. The van der Waals surface area contributed by atoms with Gasteiger partial charge in [-0.05, 0) is 31.9 Å². The average molecular weight is 263 g/mol. The molecule has 2 amide bonds. The number of amides is 2. The van der Waals surface area contributed by atoms with E-state index >= 15 is 0 Å². The van der Waals surface area contributed by atoms with Crippen LogP contribution in [0.25, 0.3) is 0 Å². The zero-order chi connectivity index (χ0) is 14.3. The number of carbonyl (C=O) groups is 2. The summed E-state index contributed by atoms with van der Waals surface area (Å²) in [4.78, 5) is 22.6. The maximum absolute atomic E-state index is 12.0. The lowest BCUT2D eigenvalue weighted by atomic mass is 10.1. The maximum atomic E-state index is 12.0. The quantitative estimate of drug-likeness (QED) is 0.650. The Morgan fingerprint density at radius 3 is 2.63 bits per heavy atom. The van der Waals surface area contributed by atoms with E-state index in [4.69, 9.17) is 5.73 Å². The fourth-order valence-electron chi connectivity index (χ4n) is 1.79. The molecule has 0 spiro atoms. The third-order valence-electron chi connectivity index (χ3n) is 2.82. The Balaban J connectivity index is 2.49. The van der Waals surface area contributed by atoms with Crippen LogP contribution >= 0.6 is 0 Å². The van der Waals surface area contributed by atoms with Gasteiger partial charge in [0.15, 0.2) is 0 Å². The van der Waals surface area contributed by atoms with Gasteiger partial charge in [0.05, 0.1) is 5.56 Å². The van der Waals surface area contributed by atoms with Gasteiger partial charge in [0.25, 0.3) is 5.91 Å². The highest BCUT2D eigenvalue weighted by Crippen LogP contribution is 2.16. The molecule has 0 bridgehead atoms. The summed E-state index contributed by atoms with van der Waals surface area (Å²) in [6, 6.07) is 5.69. The minimum absolute atomic E-state index is 0.105. The molecule has 104 valence electrons. The number of nitrogens with one attached hydrogen (secondary N) is 2. The molecule has 0 unspecified atom stereocenters. The first-order valence-corrected chi connectivity index (χ1v) is 6.39. The Labute approximate surface area is 113 Å². The van der Waals surface area contributed by atoms with Crippen molar-refractivity contribution in [1.82, 2.24) is 5.32 Å².